The summed E-state index contributed by atoms with van der Waals surface area (Å²) in [5, 5.41) is 2.83. The van der Waals surface area contributed by atoms with Crippen molar-refractivity contribution in [1.29, 1.82) is 0 Å². The molecule has 0 aliphatic rings. The van der Waals surface area contributed by atoms with Crippen molar-refractivity contribution in [3.63, 3.8) is 0 Å². The van der Waals surface area contributed by atoms with Crippen LogP contribution in [0.3, 0.4) is 0 Å². The average Bonchev–Trinajstić information content (AvgIpc) is 3.21. The molecule has 1 heterocycles. The molecule has 0 fully saturated rings. The van der Waals surface area contributed by atoms with Gasteiger partial charge in [-0.2, -0.15) is 0 Å². The highest BCUT2D eigenvalue weighted by Crippen LogP contribution is 2.20. The molecule has 0 saturated carbocycles. The zero-order valence-corrected chi connectivity index (χ0v) is 17.4. The molecule has 29 heavy (non-hydrogen) atoms. The standard InChI is InChI=1S/C22H24N2O4S/c1-15(2)17-7-9-18(10-8-17)24-22(25)21-13-20(11-6-16(21)3)29(26,27)23-14-19-5-4-12-28-19/h4-13,15,23H,14H2,1-3H3,(H,24,25). The smallest absolute Gasteiger partial charge is 0.255 e. The van der Waals surface area contributed by atoms with Crippen LogP contribution >= 0.6 is 0 Å². The summed E-state index contributed by atoms with van der Waals surface area (Å²) in [5.74, 6) is 0.545. The minimum absolute atomic E-state index is 0.0231. The SMILES string of the molecule is Cc1ccc(S(=O)(=O)NCc2ccco2)cc1C(=O)Nc1ccc(C(C)C)cc1. The van der Waals surface area contributed by atoms with E-state index in [1.165, 1.54) is 24.0 Å². The van der Waals surface area contributed by atoms with Crippen LogP contribution in [0.1, 0.15) is 47.0 Å². The first-order valence-electron chi connectivity index (χ1n) is 9.30. The Balaban J connectivity index is 1.77. The van der Waals surface area contributed by atoms with Gasteiger partial charge in [0.2, 0.25) is 10.0 Å². The van der Waals surface area contributed by atoms with Crippen molar-refractivity contribution in [3.05, 3.63) is 83.3 Å². The maximum Gasteiger partial charge on any atom is 0.255 e. The Morgan fingerprint density at radius 1 is 1.07 bits per heavy atom. The second-order valence-electron chi connectivity index (χ2n) is 7.11. The Hall–Kier alpha value is -2.90. The second-order valence-corrected chi connectivity index (χ2v) is 8.88. The number of rotatable bonds is 7. The van der Waals surface area contributed by atoms with E-state index in [4.69, 9.17) is 4.42 Å². The first-order valence-corrected chi connectivity index (χ1v) is 10.8. The number of sulfonamides is 1. The largest absolute Gasteiger partial charge is 0.468 e. The van der Waals surface area contributed by atoms with Crippen LogP contribution in [0, 0.1) is 6.92 Å². The first kappa shape index (κ1) is 20.8. The minimum Gasteiger partial charge on any atom is -0.468 e. The Morgan fingerprint density at radius 3 is 2.41 bits per heavy atom. The Morgan fingerprint density at radius 2 is 1.79 bits per heavy atom. The van der Waals surface area contributed by atoms with Crippen LogP contribution in [-0.2, 0) is 16.6 Å². The van der Waals surface area contributed by atoms with Gasteiger partial charge in [0.25, 0.3) is 5.91 Å². The molecule has 1 aromatic heterocycles. The molecule has 0 atom stereocenters. The molecular formula is C22H24N2O4S. The number of aryl methyl sites for hydroxylation is 1. The van der Waals surface area contributed by atoms with Gasteiger partial charge >= 0.3 is 0 Å². The van der Waals surface area contributed by atoms with Crippen molar-refractivity contribution in [2.45, 2.75) is 38.1 Å². The molecule has 6 nitrogen and oxygen atoms in total. The Bertz CT molecular complexity index is 1090. The van der Waals surface area contributed by atoms with E-state index in [0.717, 1.165) is 0 Å². The molecule has 7 heteroatoms. The normalized spacial score (nSPS) is 11.6. The van der Waals surface area contributed by atoms with Gasteiger partial charge in [0.15, 0.2) is 0 Å². The van der Waals surface area contributed by atoms with Crippen molar-refractivity contribution in [1.82, 2.24) is 4.72 Å². The van der Waals surface area contributed by atoms with E-state index in [0.29, 0.717) is 28.5 Å². The van der Waals surface area contributed by atoms with Crippen molar-refractivity contribution in [3.8, 4) is 0 Å². The number of carbonyl (C=O) groups is 1. The summed E-state index contributed by atoms with van der Waals surface area (Å²) in [6, 6.07) is 15.5. The summed E-state index contributed by atoms with van der Waals surface area (Å²) in [6.45, 7) is 6.00. The lowest BCUT2D eigenvalue weighted by atomic mass is 10.0. The van der Waals surface area contributed by atoms with E-state index in [1.807, 2.05) is 24.3 Å². The molecule has 152 valence electrons. The predicted octanol–water partition coefficient (Wildman–Crippen LogP) is 4.44. The quantitative estimate of drug-likeness (QED) is 0.600. The number of anilines is 1. The first-order chi connectivity index (χ1) is 13.8. The van der Waals surface area contributed by atoms with Crippen molar-refractivity contribution in [2.24, 2.45) is 0 Å². The van der Waals surface area contributed by atoms with E-state index in [9.17, 15) is 13.2 Å². The molecule has 0 radical (unpaired) electrons. The number of amides is 1. The van der Waals surface area contributed by atoms with Crippen LogP contribution < -0.4 is 10.0 Å². The molecule has 0 aliphatic carbocycles. The summed E-state index contributed by atoms with van der Waals surface area (Å²) >= 11 is 0. The Kier molecular flexibility index (Phi) is 6.20. The molecule has 3 aromatic rings. The number of benzene rings is 2. The zero-order chi connectivity index (χ0) is 21.0. The van der Waals surface area contributed by atoms with Gasteiger partial charge in [-0.3, -0.25) is 4.79 Å². The highest BCUT2D eigenvalue weighted by atomic mass is 32.2. The van der Waals surface area contributed by atoms with E-state index in [2.05, 4.69) is 23.9 Å². The molecular weight excluding hydrogens is 388 g/mol. The minimum atomic E-state index is -3.79. The lowest BCUT2D eigenvalue weighted by Gasteiger charge is -2.12. The number of nitrogens with one attached hydrogen (secondary N) is 2. The lowest BCUT2D eigenvalue weighted by Crippen LogP contribution is -2.24. The molecule has 2 aromatic carbocycles. The molecule has 0 unspecified atom stereocenters. The number of carbonyl (C=O) groups excluding carboxylic acids is 1. The Labute approximate surface area is 171 Å². The van der Waals surface area contributed by atoms with Crippen LogP contribution in [0.5, 0.6) is 0 Å². The van der Waals surface area contributed by atoms with Crippen molar-refractivity contribution in [2.75, 3.05) is 5.32 Å². The number of hydrogen-bond acceptors (Lipinski definition) is 4. The molecule has 1 amide bonds. The molecule has 0 bridgehead atoms. The average molecular weight is 413 g/mol. The van der Waals surface area contributed by atoms with Gasteiger partial charge in [-0.15, -0.1) is 0 Å². The van der Waals surface area contributed by atoms with Crippen LogP contribution in [0.25, 0.3) is 0 Å². The molecule has 0 saturated heterocycles. The van der Waals surface area contributed by atoms with Gasteiger partial charge in [0.05, 0.1) is 17.7 Å². The van der Waals surface area contributed by atoms with E-state index in [1.54, 1.807) is 25.1 Å². The number of hydrogen-bond donors (Lipinski definition) is 2. The molecule has 0 spiro atoms. The summed E-state index contributed by atoms with van der Waals surface area (Å²) < 4.78 is 32.8. The van der Waals surface area contributed by atoms with Crippen molar-refractivity contribution >= 4 is 21.6 Å². The third kappa shape index (κ3) is 5.13. The van der Waals surface area contributed by atoms with Gasteiger partial charge in [-0.25, -0.2) is 13.1 Å². The lowest BCUT2D eigenvalue weighted by molar-refractivity contribution is 0.102. The zero-order valence-electron chi connectivity index (χ0n) is 16.6. The predicted molar refractivity (Wildman–Crippen MR) is 112 cm³/mol. The summed E-state index contributed by atoms with van der Waals surface area (Å²) in [6.07, 6.45) is 1.48. The summed E-state index contributed by atoms with van der Waals surface area (Å²) in [7, 11) is -3.79. The second kappa shape index (κ2) is 8.63. The fourth-order valence-electron chi connectivity index (χ4n) is 2.83. The molecule has 3 rings (SSSR count). The third-order valence-corrected chi connectivity index (χ3v) is 6.01. The molecule has 0 aliphatic heterocycles. The van der Waals surface area contributed by atoms with Gasteiger partial charge in [0.1, 0.15) is 5.76 Å². The van der Waals surface area contributed by atoms with Crippen LogP contribution in [0.2, 0.25) is 0 Å². The van der Waals surface area contributed by atoms with Gasteiger partial charge in [-0.05, 0) is 60.4 Å². The van der Waals surface area contributed by atoms with E-state index in [-0.39, 0.29) is 17.3 Å². The summed E-state index contributed by atoms with van der Waals surface area (Å²) in [4.78, 5) is 12.8. The maximum atomic E-state index is 12.7. The number of furan rings is 1. The van der Waals surface area contributed by atoms with Gasteiger partial charge in [-0.1, -0.05) is 32.0 Å². The maximum absolute atomic E-state index is 12.7. The fourth-order valence-corrected chi connectivity index (χ4v) is 3.84. The van der Waals surface area contributed by atoms with E-state index >= 15 is 0 Å². The molecule has 2 N–H and O–H groups in total. The highest BCUT2D eigenvalue weighted by molar-refractivity contribution is 7.89. The van der Waals surface area contributed by atoms with Crippen LogP contribution in [0.15, 0.2) is 70.2 Å². The monoisotopic (exact) mass is 412 g/mol. The topological polar surface area (TPSA) is 88.4 Å². The van der Waals surface area contributed by atoms with Gasteiger partial charge in [0, 0.05) is 11.3 Å². The third-order valence-electron chi connectivity index (χ3n) is 4.62. The van der Waals surface area contributed by atoms with Crippen LogP contribution in [-0.4, -0.2) is 14.3 Å². The van der Waals surface area contributed by atoms with E-state index < -0.39 is 10.0 Å². The van der Waals surface area contributed by atoms with Gasteiger partial charge < -0.3 is 9.73 Å². The summed E-state index contributed by atoms with van der Waals surface area (Å²) in [5.41, 5.74) is 2.82. The van der Waals surface area contributed by atoms with Crippen molar-refractivity contribution < 1.29 is 17.6 Å². The van der Waals surface area contributed by atoms with Crippen LogP contribution in [0.4, 0.5) is 5.69 Å². The highest BCUT2D eigenvalue weighted by Gasteiger charge is 2.18. The fraction of sp³-hybridized carbons (Fsp3) is 0.227.